The molecule has 0 bridgehead atoms. The SMILES string of the molecule is COc1ccc(NC(=O)C(C)(C)C(N)=S)cn1. The van der Waals surface area contributed by atoms with Crippen LogP contribution < -0.4 is 15.8 Å². The number of carbonyl (C=O) groups is 1. The van der Waals surface area contributed by atoms with Gasteiger partial charge in [0.1, 0.15) is 0 Å². The van der Waals surface area contributed by atoms with Crippen LogP contribution in [0.3, 0.4) is 0 Å². The standard InChI is InChI=1S/C11H15N3O2S/c1-11(2,9(12)17)10(15)14-7-4-5-8(16-3)13-6-7/h4-6H,1-3H3,(H2,12,17)(H,14,15). The number of pyridine rings is 1. The Kier molecular flexibility index (Phi) is 4.01. The first-order valence-corrected chi connectivity index (χ1v) is 5.40. The molecule has 5 nitrogen and oxygen atoms in total. The van der Waals surface area contributed by atoms with E-state index in [0.717, 1.165) is 0 Å². The van der Waals surface area contributed by atoms with Crippen LogP contribution in [0.15, 0.2) is 18.3 Å². The molecule has 0 aliphatic heterocycles. The fraction of sp³-hybridized carbons (Fsp3) is 0.364. The number of nitrogens with zero attached hydrogens (tertiary/aromatic N) is 1. The third kappa shape index (κ3) is 3.13. The Morgan fingerprint density at radius 1 is 1.53 bits per heavy atom. The summed E-state index contributed by atoms with van der Waals surface area (Å²) in [5, 5.41) is 2.69. The molecule has 0 radical (unpaired) electrons. The molecule has 0 unspecified atom stereocenters. The van der Waals surface area contributed by atoms with Gasteiger partial charge in [-0.3, -0.25) is 4.79 Å². The highest BCUT2D eigenvalue weighted by atomic mass is 32.1. The van der Waals surface area contributed by atoms with E-state index in [2.05, 4.69) is 10.3 Å². The van der Waals surface area contributed by atoms with Gasteiger partial charge in [0.15, 0.2) is 0 Å². The molecule has 1 heterocycles. The van der Waals surface area contributed by atoms with Gasteiger partial charge in [-0.2, -0.15) is 0 Å². The van der Waals surface area contributed by atoms with Gasteiger partial charge < -0.3 is 15.8 Å². The van der Waals surface area contributed by atoms with Gasteiger partial charge in [0.25, 0.3) is 0 Å². The molecule has 1 rings (SSSR count). The fourth-order valence-electron chi connectivity index (χ4n) is 0.974. The van der Waals surface area contributed by atoms with Crippen molar-refractivity contribution in [2.75, 3.05) is 12.4 Å². The lowest BCUT2D eigenvalue weighted by Gasteiger charge is -2.21. The van der Waals surface area contributed by atoms with Gasteiger partial charge in [-0.15, -0.1) is 0 Å². The molecule has 0 atom stereocenters. The second kappa shape index (κ2) is 5.09. The summed E-state index contributed by atoms with van der Waals surface area (Å²) >= 11 is 4.84. The van der Waals surface area contributed by atoms with Crippen LogP contribution in [0.1, 0.15) is 13.8 Å². The smallest absolute Gasteiger partial charge is 0.236 e. The Labute approximate surface area is 105 Å². The largest absolute Gasteiger partial charge is 0.481 e. The molecule has 0 fully saturated rings. The number of nitrogens with two attached hydrogens (primary N) is 1. The topological polar surface area (TPSA) is 77.2 Å². The maximum Gasteiger partial charge on any atom is 0.236 e. The third-order valence-electron chi connectivity index (χ3n) is 2.39. The van der Waals surface area contributed by atoms with Gasteiger partial charge in [0.2, 0.25) is 11.8 Å². The van der Waals surface area contributed by atoms with Gasteiger partial charge in [-0.1, -0.05) is 12.2 Å². The second-order valence-electron chi connectivity index (χ2n) is 4.03. The number of methoxy groups -OCH3 is 1. The minimum Gasteiger partial charge on any atom is -0.481 e. The number of aromatic nitrogens is 1. The van der Waals surface area contributed by atoms with E-state index in [9.17, 15) is 4.79 Å². The molecule has 0 spiro atoms. The Morgan fingerprint density at radius 2 is 2.18 bits per heavy atom. The number of amides is 1. The zero-order valence-corrected chi connectivity index (χ0v) is 10.8. The lowest BCUT2D eigenvalue weighted by atomic mass is 9.92. The van der Waals surface area contributed by atoms with Crippen LogP contribution in [0.25, 0.3) is 0 Å². The van der Waals surface area contributed by atoms with Crippen molar-refractivity contribution >= 4 is 28.8 Å². The molecular weight excluding hydrogens is 238 g/mol. The molecule has 6 heteroatoms. The van der Waals surface area contributed by atoms with Crippen molar-refractivity contribution in [2.24, 2.45) is 11.1 Å². The summed E-state index contributed by atoms with van der Waals surface area (Å²) in [5.41, 5.74) is 5.18. The first-order chi connectivity index (χ1) is 7.87. The normalized spacial score (nSPS) is 10.8. The minimum atomic E-state index is -0.894. The predicted octanol–water partition coefficient (Wildman–Crippen LogP) is 1.34. The van der Waals surface area contributed by atoms with Crippen molar-refractivity contribution in [1.29, 1.82) is 0 Å². The summed E-state index contributed by atoms with van der Waals surface area (Å²) < 4.78 is 4.92. The van der Waals surface area contributed by atoms with E-state index in [1.165, 1.54) is 13.3 Å². The van der Waals surface area contributed by atoms with Gasteiger partial charge in [0.05, 0.1) is 29.4 Å². The number of anilines is 1. The molecule has 1 amide bonds. The molecule has 1 aromatic rings. The van der Waals surface area contributed by atoms with Gasteiger partial charge in [-0.25, -0.2) is 4.98 Å². The van der Waals surface area contributed by atoms with Crippen LogP contribution in [0.4, 0.5) is 5.69 Å². The van der Waals surface area contributed by atoms with Crippen LogP contribution in [0.5, 0.6) is 5.88 Å². The summed E-state index contributed by atoms with van der Waals surface area (Å²) in [4.78, 5) is 16.0. The van der Waals surface area contributed by atoms with E-state index in [0.29, 0.717) is 11.6 Å². The monoisotopic (exact) mass is 253 g/mol. The molecule has 0 aliphatic carbocycles. The van der Waals surface area contributed by atoms with E-state index >= 15 is 0 Å². The summed E-state index contributed by atoms with van der Waals surface area (Å²) in [6.07, 6.45) is 1.51. The number of hydrogen-bond donors (Lipinski definition) is 2. The van der Waals surface area contributed by atoms with Crippen LogP contribution in [-0.2, 0) is 4.79 Å². The van der Waals surface area contributed by atoms with Crippen LogP contribution >= 0.6 is 12.2 Å². The van der Waals surface area contributed by atoms with Crippen molar-refractivity contribution in [3.05, 3.63) is 18.3 Å². The predicted molar refractivity (Wildman–Crippen MR) is 70.0 cm³/mol. The van der Waals surface area contributed by atoms with Crippen LogP contribution in [-0.4, -0.2) is 23.0 Å². The molecule has 92 valence electrons. The van der Waals surface area contributed by atoms with Crippen LogP contribution in [0.2, 0.25) is 0 Å². The Balaban J connectivity index is 2.77. The minimum absolute atomic E-state index is 0.150. The Bertz CT molecular complexity index is 429. The van der Waals surface area contributed by atoms with Crippen molar-refractivity contribution in [1.82, 2.24) is 4.98 Å². The number of rotatable bonds is 4. The lowest BCUT2D eigenvalue weighted by molar-refractivity contribution is -0.121. The van der Waals surface area contributed by atoms with E-state index in [1.807, 2.05) is 0 Å². The van der Waals surface area contributed by atoms with E-state index < -0.39 is 5.41 Å². The number of nitrogens with one attached hydrogen (secondary N) is 1. The van der Waals surface area contributed by atoms with Crippen LogP contribution in [0, 0.1) is 5.41 Å². The number of hydrogen-bond acceptors (Lipinski definition) is 4. The highest BCUT2D eigenvalue weighted by Crippen LogP contribution is 2.19. The first kappa shape index (κ1) is 13.4. The quantitative estimate of drug-likeness (QED) is 0.792. The molecule has 17 heavy (non-hydrogen) atoms. The molecule has 0 aromatic carbocycles. The lowest BCUT2D eigenvalue weighted by Crippen LogP contribution is -2.41. The molecule has 0 aliphatic rings. The molecule has 3 N–H and O–H groups in total. The van der Waals surface area contributed by atoms with Gasteiger partial charge in [-0.05, 0) is 19.9 Å². The average molecular weight is 253 g/mol. The van der Waals surface area contributed by atoms with E-state index in [4.69, 9.17) is 22.7 Å². The van der Waals surface area contributed by atoms with E-state index in [1.54, 1.807) is 26.0 Å². The molecule has 1 aromatic heterocycles. The van der Waals surface area contributed by atoms with E-state index in [-0.39, 0.29) is 10.9 Å². The number of ether oxygens (including phenoxy) is 1. The highest BCUT2D eigenvalue weighted by Gasteiger charge is 2.30. The third-order valence-corrected chi connectivity index (χ3v) is 2.90. The summed E-state index contributed by atoms with van der Waals surface area (Å²) in [6.45, 7) is 3.34. The van der Waals surface area contributed by atoms with Crippen molar-refractivity contribution < 1.29 is 9.53 Å². The Morgan fingerprint density at radius 3 is 2.59 bits per heavy atom. The van der Waals surface area contributed by atoms with Crippen molar-refractivity contribution in [3.8, 4) is 5.88 Å². The van der Waals surface area contributed by atoms with Gasteiger partial charge in [0, 0.05) is 6.07 Å². The second-order valence-corrected chi connectivity index (χ2v) is 4.47. The van der Waals surface area contributed by atoms with Crippen molar-refractivity contribution in [3.63, 3.8) is 0 Å². The first-order valence-electron chi connectivity index (χ1n) is 4.99. The summed E-state index contributed by atoms with van der Waals surface area (Å²) in [5.74, 6) is 0.216. The average Bonchev–Trinajstić information content (AvgIpc) is 2.29. The zero-order valence-electron chi connectivity index (χ0n) is 9.98. The number of carbonyl (C=O) groups excluding carboxylic acids is 1. The maximum absolute atomic E-state index is 11.9. The Hall–Kier alpha value is -1.69. The fourth-order valence-corrected chi connectivity index (χ4v) is 1.07. The number of thiocarbonyl (C=S) groups is 1. The summed E-state index contributed by atoms with van der Waals surface area (Å²) in [7, 11) is 1.52. The maximum atomic E-state index is 11.9. The molecule has 0 saturated carbocycles. The molecular formula is C11H15N3O2S. The summed E-state index contributed by atoms with van der Waals surface area (Å²) in [6, 6.07) is 3.35. The zero-order chi connectivity index (χ0) is 13.1. The highest BCUT2D eigenvalue weighted by molar-refractivity contribution is 7.80. The van der Waals surface area contributed by atoms with Gasteiger partial charge >= 0.3 is 0 Å². The molecule has 0 saturated heterocycles. The van der Waals surface area contributed by atoms with Crippen molar-refractivity contribution in [2.45, 2.75) is 13.8 Å².